The van der Waals surface area contributed by atoms with Gasteiger partial charge in [0.25, 0.3) is 0 Å². The summed E-state index contributed by atoms with van der Waals surface area (Å²) in [7, 11) is 3.57. The Morgan fingerprint density at radius 3 is 2.69 bits per heavy atom. The largest absolute Gasteiger partial charge is 0.593 e. The van der Waals surface area contributed by atoms with E-state index >= 15 is 0 Å². The highest BCUT2D eigenvalue weighted by molar-refractivity contribution is 7.89. The van der Waals surface area contributed by atoms with Gasteiger partial charge in [-0.2, -0.15) is 0 Å². The SMILES string of the molecule is CCOC(=O)c1ccc2[nH]c(C)c(-c3cccc([S+]([O-])N(C)C)c3)c2c1. The van der Waals surface area contributed by atoms with E-state index in [2.05, 4.69) is 4.98 Å². The van der Waals surface area contributed by atoms with E-state index in [4.69, 9.17) is 4.74 Å². The number of ether oxygens (including phenoxy) is 1. The average molecular weight is 370 g/mol. The maximum atomic E-state index is 12.4. The second-order valence-corrected chi connectivity index (χ2v) is 7.90. The third kappa shape index (κ3) is 3.49. The lowest BCUT2D eigenvalue weighted by molar-refractivity contribution is 0.0526. The molecule has 0 aliphatic carbocycles. The van der Waals surface area contributed by atoms with Gasteiger partial charge < -0.3 is 14.3 Å². The minimum atomic E-state index is -1.21. The van der Waals surface area contributed by atoms with Crippen LogP contribution in [0.3, 0.4) is 0 Å². The molecule has 1 unspecified atom stereocenters. The van der Waals surface area contributed by atoms with Crippen LogP contribution in [-0.4, -0.2) is 40.5 Å². The molecule has 0 spiro atoms. The first-order valence-electron chi connectivity index (χ1n) is 8.41. The molecular formula is C20H22N2O3S. The summed E-state index contributed by atoms with van der Waals surface area (Å²) in [6.45, 7) is 4.13. The lowest BCUT2D eigenvalue weighted by Gasteiger charge is -2.16. The molecule has 3 rings (SSSR count). The van der Waals surface area contributed by atoms with Crippen molar-refractivity contribution in [1.29, 1.82) is 0 Å². The summed E-state index contributed by atoms with van der Waals surface area (Å²) in [6, 6.07) is 13.2. The monoisotopic (exact) mass is 370 g/mol. The highest BCUT2D eigenvalue weighted by atomic mass is 32.2. The molecule has 1 N–H and O–H groups in total. The number of nitrogens with one attached hydrogen (secondary N) is 1. The van der Waals surface area contributed by atoms with E-state index in [-0.39, 0.29) is 5.97 Å². The van der Waals surface area contributed by atoms with Gasteiger partial charge in [-0.05, 0) is 43.7 Å². The first-order chi connectivity index (χ1) is 12.4. The second kappa shape index (κ2) is 7.53. The fourth-order valence-corrected chi connectivity index (χ4v) is 3.86. The molecule has 2 aromatic carbocycles. The van der Waals surface area contributed by atoms with Crippen LogP contribution in [0.1, 0.15) is 23.0 Å². The van der Waals surface area contributed by atoms with Gasteiger partial charge in [-0.25, -0.2) is 4.79 Å². The number of H-pyrrole nitrogens is 1. The fourth-order valence-electron chi connectivity index (χ4n) is 3.01. The minimum absolute atomic E-state index is 0.332. The Labute approximate surface area is 156 Å². The van der Waals surface area contributed by atoms with Gasteiger partial charge in [-0.1, -0.05) is 12.1 Å². The van der Waals surface area contributed by atoms with E-state index in [9.17, 15) is 9.35 Å². The smallest absolute Gasteiger partial charge is 0.338 e. The zero-order chi connectivity index (χ0) is 18.8. The minimum Gasteiger partial charge on any atom is -0.593 e. The highest BCUT2D eigenvalue weighted by Gasteiger charge is 2.18. The van der Waals surface area contributed by atoms with Crippen LogP contribution >= 0.6 is 0 Å². The number of aromatic nitrogens is 1. The Morgan fingerprint density at radius 1 is 1.23 bits per heavy atom. The third-order valence-corrected chi connectivity index (χ3v) is 5.47. The number of nitrogens with zero attached hydrogens (tertiary/aromatic N) is 1. The van der Waals surface area contributed by atoms with E-state index in [1.54, 1.807) is 31.4 Å². The number of benzene rings is 2. The molecule has 1 heterocycles. The van der Waals surface area contributed by atoms with Gasteiger partial charge in [0.2, 0.25) is 0 Å². The fraction of sp³-hybridized carbons (Fsp3) is 0.250. The van der Waals surface area contributed by atoms with Gasteiger partial charge in [0, 0.05) is 42.3 Å². The third-order valence-electron chi connectivity index (χ3n) is 4.15. The Bertz CT molecular complexity index is 949. The summed E-state index contributed by atoms with van der Waals surface area (Å²) in [4.78, 5) is 16.2. The number of hydrogen-bond acceptors (Lipinski definition) is 4. The number of aryl methyl sites for hydroxylation is 1. The van der Waals surface area contributed by atoms with Gasteiger partial charge in [0.05, 0.1) is 23.5 Å². The lowest BCUT2D eigenvalue weighted by atomic mass is 10.0. The molecule has 0 radical (unpaired) electrons. The Kier molecular flexibility index (Phi) is 5.36. The van der Waals surface area contributed by atoms with E-state index in [0.717, 1.165) is 32.6 Å². The Morgan fingerprint density at radius 2 is 2.00 bits per heavy atom. The first-order valence-corrected chi connectivity index (χ1v) is 9.52. The zero-order valence-electron chi connectivity index (χ0n) is 15.3. The molecule has 0 bridgehead atoms. The van der Waals surface area contributed by atoms with Crippen molar-refractivity contribution in [3.05, 3.63) is 53.7 Å². The number of aromatic amines is 1. The second-order valence-electron chi connectivity index (χ2n) is 6.20. The van der Waals surface area contributed by atoms with Gasteiger partial charge in [-0.15, -0.1) is 4.31 Å². The van der Waals surface area contributed by atoms with E-state index in [1.807, 2.05) is 43.3 Å². The number of hydrogen-bond donors (Lipinski definition) is 1. The molecule has 0 aliphatic rings. The van der Waals surface area contributed by atoms with Crippen LogP contribution in [-0.2, 0) is 16.1 Å². The van der Waals surface area contributed by atoms with E-state index in [0.29, 0.717) is 12.2 Å². The molecule has 1 atom stereocenters. The van der Waals surface area contributed by atoms with Crippen molar-refractivity contribution in [3.8, 4) is 11.1 Å². The quantitative estimate of drug-likeness (QED) is 0.546. The van der Waals surface area contributed by atoms with Crippen molar-refractivity contribution in [3.63, 3.8) is 0 Å². The molecule has 6 heteroatoms. The predicted molar refractivity (Wildman–Crippen MR) is 105 cm³/mol. The summed E-state index contributed by atoms with van der Waals surface area (Å²) < 4.78 is 19.2. The van der Waals surface area contributed by atoms with E-state index in [1.165, 1.54) is 0 Å². The Hall–Kier alpha value is -2.28. The molecule has 26 heavy (non-hydrogen) atoms. The van der Waals surface area contributed by atoms with Crippen LogP contribution < -0.4 is 0 Å². The predicted octanol–water partition coefficient (Wildman–Crippen LogP) is 3.90. The molecule has 5 nitrogen and oxygen atoms in total. The molecule has 3 aromatic rings. The maximum Gasteiger partial charge on any atom is 0.338 e. The summed E-state index contributed by atoms with van der Waals surface area (Å²) in [6.07, 6.45) is 0. The zero-order valence-corrected chi connectivity index (χ0v) is 16.1. The molecule has 0 amide bonds. The molecule has 1 aromatic heterocycles. The number of fused-ring (bicyclic) bond motifs is 1. The maximum absolute atomic E-state index is 12.4. The average Bonchev–Trinajstić information content (AvgIpc) is 2.96. The van der Waals surface area contributed by atoms with Crippen molar-refractivity contribution in [2.24, 2.45) is 0 Å². The number of rotatable bonds is 5. The molecule has 0 fully saturated rings. The van der Waals surface area contributed by atoms with Crippen LogP contribution in [0.15, 0.2) is 47.4 Å². The van der Waals surface area contributed by atoms with E-state index < -0.39 is 11.4 Å². The van der Waals surface area contributed by atoms with Gasteiger partial charge >= 0.3 is 5.97 Å². The number of carbonyl (C=O) groups excluding carboxylic acids is 1. The van der Waals surface area contributed by atoms with Crippen LogP contribution in [0.2, 0.25) is 0 Å². The number of carbonyl (C=O) groups is 1. The van der Waals surface area contributed by atoms with Crippen molar-refractivity contribution in [2.75, 3.05) is 20.7 Å². The topological polar surface area (TPSA) is 68.4 Å². The van der Waals surface area contributed by atoms with Gasteiger partial charge in [0.1, 0.15) is 0 Å². The van der Waals surface area contributed by atoms with Gasteiger partial charge in [0.15, 0.2) is 4.90 Å². The summed E-state index contributed by atoms with van der Waals surface area (Å²) in [5.41, 5.74) is 4.43. The first kappa shape index (κ1) is 18.5. The van der Waals surface area contributed by atoms with Crippen LogP contribution in [0.4, 0.5) is 0 Å². The molecular weight excluding hydrogens is 348 g/mol. The molecule has 0 saturated heterocycles. The van der Waals surface area contributed by atoms with Crippen LogP contribution in [0, 0.1) is 6.92 Å². The van der Waals surface area contributed by atoms with Crippen molar-refractivity contribution in [1.82, 2.24) is 9.29 Å². The number of esters is 1. The van der Waals surface area contributed by atoms with Crippen molar-refractivity contribution < 1.29 is 14.1 Å². The van der Waals surface area contributed by atoms with Gasteiger partial charge in [-0.3, -0.25) is 0 Å². The Balaban J connectivity index is 2.12. The van der Waals surface area contributed by atoms with Crippen molar-refractivity contribution in [2.45, 2.75) is 18.7 Å². The lowest BCUT2D eigenvalue weighted by Crippen LogP contribution is -2.22. The normalized spacial score (nSPS) is 12.5. The standard InChI is InChI=1S/C20H22N2O3S/c1-5-25-20(23)15-9-10-18-17(12-15)19(13(2)21-18)14-7-6-8-16(11-14)26(24)22(3)4/h6-12,21H,5H2,1-4H3. The molecule has 136 valence electrons. The summed E-state index contributed by atoms with van der Waals surface area (Å²) in [5, 5.41) is 0.945. The highest BCUT2D eigenvalue weighted by Crippen LogP contribution is 2.34. The van der Waals surface area contributed by atoms with Crippen molar-refractivity contribution >= 4 is 28.2 Å². The summed E-state index contributed by atoms with van der Waals surface area (Å²) >= 11 is -1.21. The van der Waals surface area contributed by atoms with Crippen LogP contribution in [0.25, 0.3) is 22.0 Å². The molecule has 0 aliphatic heterocycles. The molecule has 0 saturated carbocycles. The summed E-state index contributed by atoms with van der Waals surface area (Å²) in [5.74, 6) is -0.332. The van der Waals surface area contributed by atoms with Crippen LogP contribution in [0.5, 0.6) is 0 Å².